The normalized spacial score (nSPS) is 14.0. The van der Waals surface area contributed by atoms with Crippen molar-refractivity contribution < 1.29 is 4.42 Å². The van der Waals surface area contributed by atoms with Crippen molar-refractivity contribution in [2.45, 2.75) is 25.8 Å². The Labute approximate surface area is 143 Å². The molecule has 0 radical (unpaired) electrons. The fourth-order valence-corrected chi connectivity index (χ4v) is 2.84. The highest BCUT2D eigenvalue weighted by molar-refractivity contribution is 9.10. The van der Waals surface area contributed by atoms with Crippen molar-refractivity contribution >= 4 is 21.7 Å². The second-order valence-corrected chi connectivity index (χ2v) is 6.76. The van der Waals surface area contributed by atoms with Gasteiger partial charge in [-0.1, -0.05) is 0 Å². The largest absolute Gasteiger partial charge is 0.460 e. The quantitative estimate of drug-likeness (QED) is 0.698. The van der Waals surface area contributed by atoms with Gasteiger partial charge in [-0.2, -0.15) is 0 Å². The molecule has 0 atom stereocenters. The van der Waals surface area contributed by atoms with Gasteiger partial charge in [-0.25, -0.2) is 4.98 Å². The summed E-state index contributed by atoms with van der Waals surface area (Å²) >= 11 is 3.48. The van der Waals surface area contributed by atoms with E-state index >= 15 is 0 Å². The van der Waals surface area contributed by atoms with Crippen LogP contribution < -0.4 is 5.32 Å². The van der Waals surface area contributed by atoms with Gasteiger partial charge in [0.25, 0.3) is 0 Å². The molecule has 1 fully saturated rings. The summed E-state index contributed by atoms with van der Waals surface area (Å²) in [4.78, 5) is 8.97. The Morgan fingerprint density at radius 1 is 1.13 bits per heavy atom. The lowest BCUT2D eigenvalue weighted by atomic mass is 10.1. The molecule has 5 heteroatoms. The maximum absolute atomic E-state index is 5.74. The molecule has 0 aliphatic heterocycles. The van der Waals surface area contributed by atoms with Crippen LogP contribution in [0.3, 0.4) is 0 Å². The lowest BCUT2D eigenvalue weighted by Gasteiger charge is -2.10. The third-order valence-electron chi connectivity index (χ3n) is 3.79. The van der Waals surface area contributed by atoms with Gasteiger partial charge >= 0.3 is 0 Å². The molecular weight excluding hydrogens is 354 g/mol. The van der Waals surface area contributed by atoms with Crippen LogP contribution in [0.4, 0.5) is 5.82 Å². The van der Waals surface area contributed by atoms with Gasteiger partial charge < -0.3 is 9.73 Å². The van der Waals surface area contributed by atoms with Crippen LogP contribution in [0.25, 0.3) is 22.6 Å². The van der Waals surface area contributed by atoms with E-state index < -0.39 is 0 Å². The van der Waals surface area contributed by atoms with Crippen molar-refractivity contribution in [1.29, 1.82) is 0 Å². The highest BCUT2D eigenvalue weighted by atomic mass is 79.9. The first-order chi connectivity index (χ1) is 11.2. The highest BCUT2D eigenvalue weighted by Crippen LogP contribution is 2.31. The van der Waals surface area contributed by atoms with E-state index in [1.54, 1.807) is 6.20 Å². The maximum atomic E-state index is 5.74. The van der Waals surface area contributed by atoms with Crippen LogP contribution in [0, 0.1) is 6.92 Å². The molecule has 0 amide bonds. The lowest BCUT2D eigenvalue weighted by molar-refractivity contribution is 0.546. The van der Waals surface area contributed by atoms with Gasteiger partial charge in [0.05, 0.1) is 0 Å². The van der Waals surface area contributed by atoms with E-state index in [0.717, 1.165) is 38.6 Å². The number of aryl methyl sites for hydroxylation is 1. The minimum atomic E-state index is 0.546. The molecule has 3 heterocycles. The van der Waals surface area contributed by atoms with E-state index in [0.29, 0.717) is 6.04 Å². The fraction of sp³-hybridized carbons (Fsp3) is 0.222. The molecule has 0 saturated heterocycles. The Kier molecular flexibility index (Phi) is 3.65. The van der Waals surface area contributed by atoms with Crippen molar-refractivity contribution in [3.8, 4) is 22.6 Å². The van der Waals surface area contributed by atoms with Gasteiger partial charge in [0.1, 0.15) is 17.3 Å². The summed E-state index contributed by atoms with van der Waals surface area (Å²) in [6, 6.07) is 10.6. The van der Waals surface area contributed by atoms with Crippen LogP contribution in [-0.4, -0.2) is 16.0 Å². The first-order valence-corrected chi connectivity index (χ1v) is 8.43. The summed E-state index contributed by atoms with van der Waals surface area (Å²) in [7, 11) is 0. The van der Waals surface area contributed by atoms with Crippen LogP contribution in [0.5, 0.6) is 0 Å². The Balaban J connectivity index is 1.80. The molecule has 116 valence electrons. The van der Waals surface area contributed by atoms with Crippen LogP contribution in [-0.2, 0) is 0 Å². The number of nitrogens with one attached hydrogen (secondary N) is 1. The van der Waals surface area contributed by atoms with Crippen molar-refractivity contribution in [3.05, 3.63) is 53.0 Å². The van der Waals surface area contributed by atoms with Gasteiger partial charge in [-0.05, 0) is 71.6 Å². The first-order valence-electron chi connectivity index (χ1n) is 7.64. The van der Waals surface area contributed by atoms with Crippen LogP contribution in [0.2, 0.25) is 0 Å². The molecule has 1 N–H and O–H groups in total. The number of furan rings is 1. The molecule has 0 aromatic carbocycles. The summed E-state index contributed by atoms with van der Waals surface area (Å²) in [5, 5.41) is 3.47. The zero-order valence-electron chi connectivity index (χ0n) is 12.7. The Bertz CT molecular complexity index is 855. The number of rotatable bonds is 4. The van der Waals surface area contributed by atoms with Gasteiger partial charge in [-0.15, -0.1) is 0 Å². The minimum absolute atomic E-state index is 0.546. The summed E-state index contributed by atoms with van der Waals surface area (Å²) < 4.78 is 6.70. The zero-order valence-corrected chi connectivity index (χ0v) is 14.3. The molecule has 4 rings (SSSR count). The average Bonchev–Trinajstić information content (AvgIpc) is 3.24. The number of pyridine rings is 2. The summed E-state index contributed by atoms with van der Waals surface area (Å²) in [6.45, 7) is 1.94. The zero-order chi connectivity index (χ0) is 15.8. The van der Waals surface area contributed by atoms with Crippen LogP contribution in [0.1, 0.15) is 18.6 Å². The summed E-state index contributed by atoms with van der Waals surface area (Å²) in [6.07, 6.45) is 6.06. The molecule has 3 aromatic rings. The minimum Gasteiger partial charge on any atom is -0.460 e. The fourth-order valence-electron chi connectivity index (χ4n) is 2.48. The van der Waals surface area contributed by atoms with E-state index in [4.69, 9.17) is 9.40 Å². The topological polar surface area (TPSA) is 51.0 Å². The molecular formula is C18H16BrN3O. The predicted octanol–water partition coefficient (Wildman–Crippen LogP) is 5.05. The van der Waals surface area contributed by atoms with Gasteiger partial charge in [0, 0.05) is 28.5 Å². The summed E-state index contributed by atoms with van der Waals surface area (Å²) in [5.74, 6) is 2.55. The molecule has 0 unspecified atom stereocenters. The third kappa shape index (κ3) is 3.29. The molecule has 3 aromatic heterocycles. The van der Waals surface area contributed by atoms with Crippen molar-refractivity contribution in [2.24, 2.45) is 0 Å². The van der Waals surface area contributed by atoms with E-state index in [1.165, 1.54) is 12.8 Å². The molecule has 1 aliphatic rings. The average molecular weight is 370 g/mol. The monoisotopic (exact) mass is 369 g/mol. The number of aromatic nitrogens is 2. The van der Waals surface area contributed by atoms with E-state index in [2.05, 4.69) is 38.4 Å². The predicted molar refractivity (Wildman–Crippen MR) is 94.3 cm³/mol. The number of hydrogen-bond donors (Lipinski definition) is 1. The number of anilines is 1. The second-order valence-electron chi connectivity index (χ2n) is 5.85. The SMILES string of the molecule is Cc1ccc(-c2cc(-c3cncc(Br)c3)cc(NC3CC3)n2)o1. The highest BCUT2D eigenvalue weighted by Gasteiger charge is 2.22. The molecule has 23 heavy (non-hydrogen) atoms. The van der Waals surface area contributed by atoms with Gasteiger partial charge in [-0.3, -0.25) is 4.98 Å². The van der Waals surface area contributed by atoms with E-state index in [-0.39, 0.29) is 0 Å². The standard InChI is InChI=1S/C18H16BrN3O/c1-11-2-5-17(23-11)16-7-12(13-6-14(19)10-20-9-13)8-18(22-16)21-15-3-4-15/h2,5-10,15H,3-4H2,1H3,(H,21,22). The van der Waals surface area contributed by atoms with Gasteiger partial charge in [0.15, 0.2) is 5.76 Å². The smallest absolute Gasteiger partial charge is 0.152 e. The van der Waals surface area contributed by atoms with Crippen molar-refractivity contribution in [2.75, 3.05) is 5.32 Å². The van der Waals surface area contributed by atoms with Crippen LogP contribution in [0.15, 0.2) is 51.6 Å². The first kappa shape index (κ1) is 14.5. The number of nitrogens with zero attached hydrogens (tertiary/aromatic N) is 2. The van der Waals surface area contributed by atoms with Crippen molar-refractivity contribution in [3.63, 3.8) is 0 Å². The van der Waals surface area contributed by atoms with Crippen LogP contribution >= 0.6 is 15.9 Å². The number of halogens is 1. The number of hydrogen-bond acceptors (Lipinski definition) is 4. The summed E-state index contributed by atoms with van der Waals surface area (Å²) in [5.41, 5.74) is 2.95. The Morgan fingerprint density at radius 2 is 2.00 bits per heavy atom. The molecule has 0 spiro atoms. The van der Waals surface area contributed by atoms with Crippen molar-refractivity contribution in [1.82, 2.24) is 9.97 Å². The van der Waals surface area contributed by atoms with E-state index in [1.807, 2.05) is 31.3 Å². The molecule has 0 bridgehead atoms. The third-order valence-corrected chi connectivity index (χ3v) is 4.22. The van der Waals surface area contributed by atoms with Gasteiger partial charge in [0.2, 0.25) is 0 Å². The van der Waals surface area contributed by atoms with E-state index in [9.17, 15) is 0 Å². The maximum Gasteiger partial charge on any atom is 0.152 e. The molecule has 1 saturated carbocycles. The second kappa shape index (κ2) is 5.81. The molecule has 1 aliphatic carbocycles. The molecule has 4 nitrogen and oxygen atoms in total. The Hall–Kier alpha value is -2.14. The lowest BCUT2D eigenvalue weighted by Crippen LogP contribution is -2.03. The Morgan fingerprint density at radius 3 is 2.70 bits per heavy atom.